The molecule has 0 amide bonds. The smallest absolute Gasteiger partial charge is 0.309 e. The lowest BCUT2D eigenvalue weighted by molar-refractivity contribution is -0.151. The first-order chi connectivity index (χ1) is 22.7. The first-order valence-corrected chi connectivity index (χ1v) is 18.3. The zero-order valence-electron chi connectivity index (χ0n) is 27.7. The molecule has 5 aliphatic heterocycles. The van der Waals surface area contributed by atoms with E-state index in [9.17, 15) is 4.79 Å². The number of ether oxygens (including phenoxy) is 10. The van der Waals surface area contributed by atoms with E-state index in [0.717, 1.165) is 96.8 Å². The van der Waals surface area contributed by atoms with Gasteiger partial charge in [0, 0.05) is 13.2 Å². The molecule has 46 heavy (non-hydrogen) atoms. The zero-order valence-corrected chi connectivity index (χ0v) is 27.7. The summed E-state index contributed by atoms with van der Waals surface area (Å²) in [6.45, 7) is 10.2. The standard InChI is InChI=1S/C15H22O3.C12H22O4.C8H14O4/c16-15(11-3-4-13-14(7-11)18-13)17-8-9-1-2-10-6-12(10)5-9;1(3-5-13-7-11-9-15-11)2-4-6-14-8-12-10-16-12;1(9-3-7-5-11-7)2-10-4-8-6-12-8/h9-14H,1-8H2;11-12H,1-10H2;7-8H,1-6H2. The maximum atomic E-state index is 12.0. The molecule has 8 fully saturated rings. The molecule has 8 rings (SSSR count). The molecule has 10 atom stereocenters. The molecule has 5 saturated heterocycles. The molecule has 0 N–H and O–H groups in total. The fraction of sp³-hybridized carbons (Fsp3) is 0.971. The minimum Gasteiger partial charge on any atom is -0.465 e. The maximum Gasteiger partial charge on any atom is 0.309 e. The first kappa shape index (κ1) is 35.0. The average molecular weight is 655 g/mol. The molecule has 8 aliphatic rings. The van der Waals surface area contributed by atoms with Crippen molar-refractivity contribution in [2.75, 3.05) is 85.9 Å². The molecule has 0 aromatic carbocycles. The summed E-state index contributed by atoms with van der Waals surface area (Å²) >= 11 is 0. The fourth-order valence-electron chi connectivity index (χ4n) is 6.43. The summed E-state index contributed by atoms with van der Waals surface area (Å²) in [7, 11) is 0. The van der Waals surface area contributed by atoms with Crippen LogP contribution >= 0.6 is 0 Å². The van der Waals surface area contributed by atoms with Crippen molar-refractivity contribution in [1.82, 2.24) is 0 Å². The number of hydrogen-bond donors (Lipinski definition) is 0. The quantitative estimate of drug-likeness (QED) is 0.102. The van der Waals surface area contributed by atoms with Gasteiger partial charge in [0.15, 0.2) is 0 Å². The van der Waals surface area contributed by atoms with Gasteiger partial charge in [0.25, 0.3) is 0 Å². The van der Waals surface area contributed by atoms with Crippen LogP contribution in [0, 0.1) is 23.7 Å². The van der Waals surface area contributed by atoms with Gasteiger partial charge >= 0.3 is 5.97 Å². The highest BCUT2D eigenvalue weighted by molar-refractivity contribution is 5.72. The second-order valence-electron chi connectivity index (χ2n) is 14.3. The van der Waals surface area contributed by atoms with Crippen LogP contribution in [0.15, 0.2) is 0 Å². The molecule has 11 heteroatoms. The van der Waals surface area contributed by atoms with Crippen molar-refractivity contribution in [3.63, 3.8) is 0 Å². The third kappa shape index (κ3) is 14.7. The monoisotopic (exact) mass is 654 g/mol. The number of hydrogen-bond acceptors (Lipinski definition) is 11. The van der Waals surface area contributed by atoms with Gasteiger partial charge in [-0.3, -0.25) is 4.79 Å². The summed E-state index contributed by atoms with van der Waals surface area (Å²) in [5.41, 5.74) is 0. The number of fused-ring (bicyclic) bond motifs is 2. The second kappa shape index (κ2) is 18.8. The highest BCUT2D eigenvalue weighted by Crippen LogP contribution is 2.51. The molecule has 0 spiro atoms. The van der Waals surface area contributed by atoms with Crippen LogP contribution in [0.3, 0.4) is 0 Å². The molecule has 11 nitrogen and oxygen atoms in total. The summed E-state index contributed by atoms with van der Waals surface area (Å²) in [5, 5.41) is 0. The van der Waals surface area contributed by atoms with Crippen molar-refractivity contribution in [1.29, 1.82) is 0 Å². The van der Waals surface area contributed by atoms with Crippen LogP contribution in [0.2, 0.25) is 0 Å². The number of epoxide rings is 5. The first-order valence-electron chi connectivity index (χ1n) is 18.3. The summed E-state index contributed by atoms with van der Waals surface area (Å²) in [6, 6.07) is 0. The Hall–Kier alpha value is -0.890. The van der Waals surface area contributed by atoms with Crippen LogP contribution in [0.25, 0.3) is 0 Å². The Kier molecular flexibility index (Phi) is 14.3. The lowest BCUT2D eigenvalue weighted by Crippen LogP contribution is -2.26. The third-order valence-electron chi connectivity index (χ3n) is 9.97. The minimum atomic E-state index is 0.0434. The second-order valence-corrected chi connectivity index (χ2v) is 14.3. The van der Waals surface area contributed by atoms with Gasteiger partial charge in [-0.25, -0.2) is 0 Å². The van der Waals surface area contributed by atoms with Crippen molar-refractivity contribution in [3.05, 3.63) is 0 Å². The Morgan fingerprint density at radius 1 is 0.522 bits per heavy atom. The van der Waals surface area contributed by atoms with E-state index < -0.39 is 0 Å². The van der Waals surface area contributed by atoms with Crippen LogP contribution in [-0.4, -0.2) is 128 Å². The summed E-state index contributed by atoms with van der Waals surface area (Å²) < 4.78 is 52.5. The Labute approximate surface area is 274 Å². The highest BCUT2D eigenvalue weighted by Gasteiger charge is 2.46. The molecule has 0 aromatic heterocycles. The summed E-state index contributed by atoms with van der Waals surface area (Å²) in [5.74, 6) is 2.80. The van der Waals surface area contributed by atoms with Gasteiger partial charge in [-0.15, -0.1) is 0 Å². The number of rotatable bonds is 21. The molecule has 0 bridgehead atoms. The molecule has 3 saturated carbocycles. The predicted molar refractivity (Wildman–Crippen MR) is 167 cm³/mol. The molecular weight excluding hydrogens is 596 g/mol. The van der Waals surface area contributed by atoms with E-state index in [0.29, 0.717) is 75.6 Å². The van der Waals surface area contributed by atoms with Gasteiger partial charge in [0.05, 0.1) is 90.8 Å². The number of carbonyl (C=O) groups excluding carboxylic acids is 1. The molecule has 3 aliphatic carbocycles. The Balaban J connectivity index is 0.000000124. The zero-order chi connectivity index (χ0) is 31.4. The van der Waals surface area contributed by atoms with Crippen molar-refractivity contribution >= 4 is 5.97 Å². The lowest BCUT2D eigenvalue weighted by atomic mass is 9.88. The number of esters is 1. The molecular formula is C35H58O11. The van der Waals surface area contributed by atoms with Crippen molar-refractivity contribution in [2.24, 2.45) is 23.7 Å². The van der Waals surface area contributed by atoms with Crippen LogP contribution < -0.4 is 0 Å². The maximum absolute atomic E-state index is 12.0. The van der Waals surface area contributed by atoms with Crippen LogP contribution in [-0.2, 0) is 52.2 Å². The van der Waals surface area contributed by atoms with Gasteiger partial charge in [0.1, 0.15) is 24.4 Å². The molecule has 10 unspecified atom stereocenters. The van der Waals surface area contributed by atoms with Gasteiger partial charge in [-0.1, -0.05) is 12.8 Å². The fourth-order valence-corrected chi connectivity index (χ4v) is 6.43. The molecule has 264 valence electrons. The van der Waals surface area contributed by atoms with Crippen LogP contribution in [0.5, 0.6) is 0 Å². The molecule has 5 heterocycles. The van der Waals surface area contributed by atoms with E-state index in [1.165, 1.54) is 38.5 Å². The van der Waals surface area contributed by atoms with Gasteiger partial charge in [-0.05, 0) is 75.5 Å². The van der Waals surface area contributed by atoms with Gasteiger partial charge in [-0.2, -0.15) is 0 Å². The average Bonchev–Trinajstić information content (AvgIpc) is 3.85. The van der Waals surface area contributed by atoms with Crippen molar-refractivity contribution < 1.29 is 52.2 Å². The topological polar surface area (TPSA) is 126 Å². The Bertz CT molecular complexity index is 839. The number of unbranched alkanes of at least 4 members (excludes halogenated alkanes) is 3. The molecule has 0 aromatic rings. The van der Waals surface area contributed by atoms with E-state index in [-0.39, 0.29) is 11.9 Å². The SMILES string of the molecule is C(CCCOCC1CO1)CCOCC1CO1.C(COCC1CO1)OCC1CO1.O=C(OCC1CCC2CC2C1)C1CCC2OC2C1. The van der Waals surface area contributed by atoms with Gasteiger partial charge in [0.2, 0.25) is 0 Å². The van der Waals surface area contributed by atoms with Crippen LogP contribution in [0.4, 0.5) is 0 Å². The van der Waals surface area contributed by atoms with E-state index in [1.54, 1.807) is 0 Å². The van der Waals surface area contributed by atoms with E-state index in [2.05, 4.69) is 0 Å². The third-order valence-corrected chi connectivity index (χ3v) is 9.97. The van der Waals surface area contributed by atoms with Crippen molar-refractivity contribution in [2.45, 2.75) is 107 Å². The number of carbonyl (C=O) groups is 1. The summed E-state index contributed by atoms with van der Waals surface area (Å²) in [6.07, 6.45) is 15.4. The van der Waals surface area contributed by atoms with E-state index >= 15 is 0 Å². The van der Waals surface area contributed by atoms with E-state index in [4.69, 9.17) is 47.4 Å². The predicted octanol–water partition coefficient (Wildman–Crippen LogP) is 3.73. The summed E-state index contributed by atoms with van der Waals surface area (Å²) in [4.78, 5) is 12.0. The van der Waals surface area contributed by atoms with Gasteiger partial charge < -0.3 is 47.4 Å². The van der Waals surface area contributed by atoms with Crippen LogP contribution in [0.1, 0.15) is 70.6 Å². The minimum absolute atomic E-state index is 0.0434. The van der Waals surface area contributed by atoms with E-state index in [1.807, 2.05) is 0 Å². The lowest BCUT2D eigenvalue weighted by Gasteiger charge is -2.23. The van der Waals surface area contributed by atoms with Crippen molar-refractivity contribution in [3.8, 4) is 0 Å². The largest absolute Gasteiger partial charge is 0.465 e. The molecule has 0 radical (unpaired) electrons. The Morgan fingerprint density at radius 2 is 1.07 bits per heavy atom. The highest BCUT2D eigenvalue weighted by atomic mass is 16.6. The Morgan fingerprint density at radius 3 is 1.57 bits per heavy atom. The normalized spacial score (nSPS) is 36.9.